The topological polar surface area (TPSA) is 47.6 Å². The third kappa shape index (κ3) is 5.30. The summed E-state index contributed by atoms with van der Waals surface area (Å²) < 4.78 is 11.0. The second-order valence-electron chi connectivity index (χ2n) is 5.75. The molecule has 4 nitrogen and oxygen atoms in total. The zero-order chi connectivity index (χ0) is 19.1. The first-order valence-corrected chi connectivity index (χ1v) is 8.40. The van der Waals surface area contributed by atoms with Crippen LogP contribution in [0, 0.1) is 12.3 Å². The highest BCUT2D eigenvalue weighted by molar-refractivity contribution is 6.32. The molecule has 2 aromatic carbocycles. The summed E-state index contributed by atoms with van der Waals surface area (Å²) >= 11 is 6.28. The second kappa shape index (κ2) is 8.98. The molecule has 0 aliphatic carbocycles. The van der Waals surface area contributed by atoms with Gasteiger partial charge in [0.2, 0.25) is 5.91 Å². The number of carbonyl (C=O) groups excluding carboxylic acids is 1. The van der Waals surface area contributed by atoms with Crippen LogP contribution >= 0.6 is 11.6 Å². The summed E-state index contributed by atoms with van der Waals surface area (Å²) in [6.07, 6.45) is 8.38. The van der Waals surface area contributed by atoms with Crippen molar-refractivity contribution in [3.05, 3.63) is 58.6 Å². The average Bonchev–Trinajstić information content (AvgIpc) is 2.61. The fraction of sp³-hybridized carbons (Fsp3) is 0.190. The minimum Gasteiger partial charge on any atom is -0.493 e. The van der Waals surface area contributed by atoms with E-state index < -0.39 is 0 Å². The van der Waals surface area contributed by atoms with Crippen molar-refractivity contribution in [1.29, 1.82) is 0 Å². The van der Waals surface area contributed by atoms with Crippen molar-refractivity contribution in [1.82, 2.24) is 0 Å². The number of ether oxygens (including phenoxy) is 2. The van der Waals surface area contributed by atoms with Gasteiger partial charge in [0.15, 0.2) is 11.5 Å². The fourth-order valence-electron chi connectivity index (χ4n) is 2.23. The van der Waals surface area contributed by atoms with Crippen molar-refractivity contribution in [2.24, 2.45) is 0 Å². The summed E-state index contributed by atoms with van der Waals surface area (Å²) in [5, 5.41) is 3.17. The average molecular weight is 370 g/mol. The third-order valence-corrected chi connectivity index (χ3v) is 3.61. The zero-order valence-corrected chi connectivity index (χ0v) is 15.6. The van der Waals surface area contributed by atoms with Crippen molar-refractivity contribution in [3.63, 3.8) is 0 Å². The summed E-state index contributed by atoms with van der Waals surface area (Å²) in [6.45, 7) is 3.81. The largest absolute Gasteiger partial charge is 0.493 e. The normalized spacial score (nSPS) is 10.6. The maximum absolute atomic E-state index is 12.1. The van der Waals surface area contributed by atoms with Crippen molar-refractivity contribution in [2.45, 2.75) is 20.0 Å². The summed E-state index contributed by atoms with van der Waals surface area (Å²) in [5.74, 6) is 3.24. The SMILES string of the molecule is C#Cc1cccc(NC(=O)/C=C/c2cc(Cl)c(OC(C)C)c(OC)c2)c1. The first kappa shape index (κ1) is 19.4. The number of rotatable bonds is 6. The van der Waals surface area contributed by atoms with E-state index in [1.807, 2.05) is 13.8 Å². The summed E-state index contributed by atoms with van der Waals surface area (Å²) in [4.78, 5) is 12.1. The fourth-order valence-corrected chi connectivity index (χ4v) is 2.49. The van der Waals surface area contributed by atoms with Crippen LogP contribution in [0.15, 0.2) is 42.5 Å². The molecule has 0 radical (unpaired) electrons. The Labute approximate surface area is 158 Å². The van der Waals surface area contributed by atoms with E-state index in [4.69, 9.17) is 27.5 Å². The van der Waals surface area contributed by atoms with Crippen LogP contribution in [0.25, 0.3) is 6.08 Å². The number of nitrogens with one attached hydrogen (secondary N) is 1. The molecular weight excluding hydrogens is 350 g/mol. The molecule has 0 unspecified atom stereocenters. The van der Waals surface area contributed by atoms with Crippen molar-refractivity contribution >= 4 is 29.3 Å². The molecule has 2 rings (SSSR count). The third-order valence-electron chi connectivity index (χ3n) is 3.33. The Bertz CT molecular complexity index is 866. The predicted molar refractivity (Wildman–Crippen MR) is 106 cm³/mol. The van der Waals surface area contributed by atoms with Gasteiger partial charge < -0.3 is 14.8 Å². The molecule has 0 heterocycles. The maximum Gasteiger partial charge on any atom is 0.248 e. The molecule has 26 heavy (non-hydrogen) atoms. The van der Waals surface area contributed by atoms with Crippen LogP contribution in [0.2, 0.25) is 5.02 Å². The Morgan fingerprint density at radius 3 is 2.73 bits per heavy atom. The van der Waals surface area contributed by atoms with Crippen LogP contribution in [0.5, 0.6) is 11.5 Å². The number of anilines is 1. The minimum atomic E-state index is -0.281. The molecule has 1 amide bonds. The molecule has 0 saturated carbocycles. The molecule has 0 bridgehead atoms. The Hall–Kier alpha value is -2.90. The van der Waals surface area contributed by atoms with Crippen molar-refractivity contribution < 1.29 is 14.3 Å². The number of terminal acetylenes is 1. The molecule has 0 aliphatic rings. The highest BCUT2D eigenvalue weighted by Crippen LogP contribution is 2.37. The van der Waals surface area contributed by atoms with Crippen LogP contribution in [0.4, 0.5) is 5.69 Å². The number of halogens is 1. The number of hydrogen-bond acceptors (Lipinski definition) is 3. The van der Waals surface area contributed by atoms with Gasteiger partial charge in [0.1, 0.15) is 0 Å². The van der Waals surface area contributed by atoms with Gasteiger partial charge >= 0.3 is 0 Å². The highest BCUT2D eigenvalue weighted by atomic mass is 35.5. The van der Waals surface area contributed by atoms with Gasteiger partial charge in [-0.15, -0.1) is 6.42 Å². The molecule has 134 valence electrons. The van der Waals surface area contributed by atoms with Gasteiger partial charge in [-0.2, -0.15) is 0 Å². The molecule has 0 aromatic heterocycles. The van der Waals surface area contributed by atoms with Crippen molar-refractivity contribution in [3.8, 4) is 23.8 Å². The van der Waals surface area contributed by atoms with Crippen molar-refractivity contribution in [2.75, 3.05) is 12.4 Å². The van der Waals surface area contributed by atoms with E-state index in [0.29, 0.717) is 27.8 Å². The molecule has 0 spiro atoms. The Balaban J connectivity index is 2.15. The van der Waals surface area contributed by atoms with E-state index >= 15 is 0 Å². The van der Waals surface area contributed by atoms with E-state index in [2.05, 4.69) is 11.2 Å². The minimum absolute atomic E-state index is 0.0349. The number of carbonyl (C=O) groups is 1. The highest BCUT2D eigenvalue weighted by Gasteiger charge is 2.12. The molecule has 0 aliphatic heterocycles. The quantitative estimate of drug-likeness (QED) is 0.589. The van der Waals surface area contributed by atoms with Gasteiger partial charge in [0.05, 0.1) is 18.2 Å². The Morgan fingerprint density at radius 1 is 1.31 bits per heavy atom. The molecule has 0 saturated heterocycles. The van der Waals surface area contributed by atoms with Crippen LogP contribution in [-0.4, -0.2) is 19.1 Å². The Kier molecular flexibility index (Phi) is 6.71. The first-order chi connectivity index (χ1) is 12.4. The number of hydrogen-bond donors (Lipinski definition) is 1. The molecule has 5 heteroatoms. The van der Waals surface area contributed by atoms with E-state index in [9.17, 15) is 4.79 Å². The van der Waals surface area contributed by atoms with E-state index in [0.717, 1.165) is 5.56 Å². The smallest absolute Gasteiger partial charge is 0.248 e. The molecule has 0 fully saturated rings. The Morgan fingerprint density at radius 2 is 2.08 bits per heavy atom. The lowest BCUT2D eigenvalue weighted by molar-refractivity contribution is -0.111. The first-order valence-electron chi connectivity index (χ1n) is 8.03. The van der Waals surface area contributed by atoms with Gasteiger partial charge in [-0.1, -0.05) is 23.6 Å². The van der Waals surface area contributed by atoms with Gasteiger partial charge in [-0.3, -0.25) is 4.79 Å². The molecule has 0 atom stereocenters. The van der Waals surface area contributed by atoms with Crippen LogP contribution < -0.4 is 14.8 Å². The number of benzene rings is 2. The van der Waals surface area contributed by atoms with Gasteiger partial charge in [0.25, 0.3) is 0 Å². The lowest BCUT2D eigenvalue weighted by Crippen LogP contribution is -2.08. The standard InChI is InChI=1S/C21H20ClNO3/c1-5-15-7-6-8-17(11-15)23-20(24)10-9-16-12-18(22)21(26-14(2)3)19(13-16)25-4/h1,6-14H,2-4H3,(H,23,24)/b10-9+. The van der Waals surface area contributed by atoms with E-state index in [-0.39, 0.29) is 12.0 Å². The second-order valence-corrected chi connectivity index (χ2v) is 6.16. The lowest BCUT2D eigenvalue weighted by Gasteiger charge is -2.15. The van der Waals surface area contributed by atoms with Gasteiger partial charge in [-0.05, 0) is 55.8 Å². The zero-order valence-electron chi connectivity index (χ0n) is 14.9. The lowest BCUT2D eigenvalue weighted by atomic mass is 10.1. The number of methoxy groups -OCH3 is 1. The summed E-state index contributed by atoms with van der Waals surface area (Å²) in [7, 11) is 1.54. The van der Waals surface area contributed by atoms with Crippen LogP contribution in [0.1, 0.15) is 25.0 Å². The molecule has 1 N–H and O–H groups in total. The van der Waals surface area contributed by atoms with Gasteiger partial charge in [0, 0.05) is 17.3 Å². The van der Waals surface area contributed by atoms with E-state index in [1.165, 1.54) is 13.2 Å². The van der Waals surface area contributed by atoms with E-state index in [1.54, 1.807) is 42.5 Å². The van der Waals surface area contributed by atoms with Crippen LogP contribution in [0.3, 0.4) is 0 Å². The van der Waals surface area contributed by atoms with Gasteiger partial charge in [-0.25, -0.2) is 0 Å². The molecule has 2 aromatic rings. The molecular formula is C21H20ClNO3. The monoisotopic (exact) mass is 369 g/mol. The maximum atomic E-state index is 12.1. The summed E-state index contributed by atoms with van der Waals surface area (Å²) in [6, 6.07) is 10.5. The summed E-state index contributed by atoms with van der Waals surface area (Å²) in [5.41, 5.74) is 2.05. The van der Waals surface area contributed by atoms with Crippen LogP contribution in [-0.2, 0) is 4.79 Å². The number of amides is 1. The predicted octanol–water partition coefficient (Wildman–Crippen LogP) is 4.77.